The largest absolute Gasteiger partial charge is 0.481 e. The molecule has 6 nitrogen and oxygen atoms in total. The fourth-order valence-electron chi connectivity index (χ4n) is 2.93. The maximum atomic E-state index is 12.5. The molecule has 0 bridgehead atoms. The fourth-order valence-corrected chi connectivity index (χ4v) is 2.93. The van der Waals surface area contributed by atoms with Crippen molar-refractivity contribution >= 4 is 17.6 Å². The number of carbonyl (C=O) groups is 2. The normalized spacial score (nSPS) is 23.1. The number of hydrogen-bond donors (Lipinski definition) is 1. The predicted octanol–water partition coefficient (Wildman–Crippen LogP) is 1.88. The van der Waals surface area contributed by atoms with Crippen molar-refractivity contribution in [3.8, 4) is 11.5 Å². The van der Waals surface area contributed by atoms with Crippen LogP contribution in [-0.4, -0.2) is 30.8 Å². The minimum atomic E-state index is -0.809. The number of aliphatic carboxylic acids is 1. The first-order chi connectivity index (χ1) is 10.1. The molecule has 2 aliphatic rings. The molecular weight excluding hydrogens is 274 g/mol. The monoisotopic (exact) mass is 291 g/mol. The van der Waals surface area contributed by atoms with E-state index < -0.39 is 11.9 Å². The van der Waals surface area contributed by atoms with E-state index in [0.717, 1.165) is 5.69 Å². The van der Waals surface area contributed by atoms with Crippen molar-refractivity contribution in [2.75, 3.05) is 18.7 Å². The van der Waals surface area contributed by atoms with Crippen molar-refractivity contribution in [2.45, 2.75) is 19.3 Å². The number of amides is 1. The summed E-state index contributed by atoms with van der Waals surface area (Å²) in [5.41, 5.74) is 0.725. The highest BCUT2D eigenvalue weighted by Gasteiger charge is 2.35. The van der Waals surface area contributed by atoms with E-state index in [0.29, 0.717) is 30.8 Å². The molecule has 3 rings (SSSR count). The molecule has 0 spiro atoms. The Labute approximate surface area is 122 Å². The van der Waals surface area contributed by atoms with Crippen LogP contribution in [0.2, 0.25) is 0 Å². The van der Waals surface area contributed by atoms with Crippen LogP contribution in [0.1, 0.15) is 19.3 Å². The third-order valence-electron chi connectivity index (χ3n) is 4.21. The Kier molecular flexibility index (Phi) is 3.45. The lowest BCUT2D eigenvalue weighted by molar-refractivity contribution is -0.141. The van der Waals surface area contributed by atoms with Gasteiger partial charge in [0.15, 0.2) is 11.5 Å². The summed E-state index contributed by atoms with van der Waals surface area (Å²) in [5, 5.41) is 9.02. The number of hydrogen-bond acceptors (Lipinski definition) is 4. The SMILES string of the molecule is CN(C(=O)[C@@H]1CC[C@H](C(=O)O)C1)c1ccc2c(c1)OCO2. The molecule has 112 valence electrons. The van der Waals surface area contributed by atoms with Crippen LogP contribution >= 0.6 is 0 Å². The Morgan fingerprint density at radius 2 is 1.90 bits per heavy atom. The lowest BCUT2D eigenvalue weighted by Gasteiger charge is -2.21. The van der Waals surface area contributed by atoms with E-state index in [9.17, 15) is 9.59 Å². The van der Waals surface area contributed by atoms with Gasteiger partial charge in [-0.1, -0.05) is 0 Å². The summed E-state index contributed by atoms with van der Waals surface area (Å²) in [4.78, 5) is 25.0. The average Bonchev–Trinajstić information content (AvgIpc) is 3.13. The molecule has 0 saturated heterocycles. The predicted molar refractivity (Wildman–Crippen MR) is 74.4 cm³/mol. The summed E-state index contributed by atoms with van der Waals surface area (Å²) in [5.74, 6) is -0.173. The van der Waals surface area contributed by atoms with Crippen LogP contribution in [0.25, 0.3) is 0 Å². The number of carboxylic acids is 1. The van der Waals surface area contributed by atoms with Gasteiger partial charge in [-0.15, -0.1) is 0 Å². The Morgan fingerprint density at radius 1 is 1.19 bits per heavy atom. The average molecular weight is 291 g/mol. The van der Waals surface area contributed by atoms with E-state index in [4.69, 9.17) is 14.6 Å². The van der Waals surface area contributed by atoms with Crippen LogP contribution in [0.4, 0.5) is 5.69 Å². The number of anilines is 1. The molecule has 1 aromatic carbocycles. The fraction of sp³-hybridized carbons (Fsp3) is 0.467. The second kappa shape index (κ2) is 5.27. The van der Waals surface area contributed by atoms with Gasteiger partial charge in [-0.05, 0) is 31.4 Å². The van der Waals surface area contributed by atoms with Gasteiger partial charge in [-0.2, -0.15) is 0 Å². The zero-order valence-electron chi connectivity index (χ0n) is 11.7. The van der Waals surface area contributed by atoms with E-state index in [-0.39, 0.29) is 18.6 Å². The topological polar surface area (TPSA) is 76.1 Å². The molecule has 0 radical (unpaired) electrons. The zero-order chi connectivity index (χ0) is 15.0. The van der Waals surface area contributed by atoms with Crippen molar-refractivity contribution in [1.29, 1.82) is 0 Å². The lowest BCUT2D eigenvalue weighted by atomic mass is 10.0. The van der Waals surface area contributed by atoms with E-state index in [1.807, 2.05) is 0 Å². The Hall–Kier alpha value is -2.24. The molecule has 1 amide bonds. The van der Waals surface area contributed by atoms with Crippen molar-refractivity contribution < 1.29 is 24.2 Å². The van der Waals surface area contributed by atoms with Crippen LogP contribution in [0.3, 0.4) is 0 Å². The minimum Gasteiger partial charge on any atom is -0.481 e. The van der Waals surface area contributed by atoms with Crippen molar-refractivity contribution in [2.24, 2.45) is 11.8 Å². The number of rotatable bonds is 3. The number of fused-ring (bicyclic) bond motifs is 1. The highest BCUT2D eigenvalue weighted by molar-refractivity contribution is 5.95. The van der Waals surface area contributed by atoms with Crippen molar-refractivity contribution in [1.82, 2.24) is 0 Å². The maximum absolute atomic E-state index is 12.5. The summed E-state index contributed by atoms with van der Waals surface area (Å²) >= 11 is 0. The number of ether oxygens (including phenoxy) is 2. The van der Waals surface area contributed by atoms with Gasteiger partial charge in [0.2, 0.25) is 12.7 Å². The van der Waals surface area contributed by atoms with Crippen LogP contribution in [-0.2, 0) is 9.59 Å². The summed E-state index contributed by atoms with van der Waals surface area (Å²) in [6.45, 7) is 0.194. The highest BCUT2D eigenvalue weighted by Crippen LogP contribution is 2.37. The Balaban J connectivity index is 1.72. The molecule has 1 aromatic rings. The first-order valence-electron chi connectivity index (χ1n) is 6.96. The standard InChI is InChI=1S/C15H17NO5/c1-16(11-4-5-12-13(7-11)21-8-20-12)14(17)9-2-3-10(6-9)15(18)19/h4-5,7,9-10H,2-3,6,8H2,1H3,(H,18,19)/t9-,10+/m1/s1. The molecule has 0 aromatic heterocycles. The van der Waals surface area contributed by atoms with Crippen LogP contribution < -0.4 is 14.4 Å². The third kappa shape index (κ3) is 2.53. The molecule has 6 heteroatoms. The van der Waals surface area contributed by atoms with E-state index in [1.54, 1.807) is 30.1 Å². The van der Waals surface area contributed by atoms with Gasteiger partial charge < -0.3 is 19.5 Å². The number of benzene rings is 1. The first kappa shape index (κ1) is 13.7. The molecule has 1 aliphatic carbocycles. The summed E-state index contributed by atoms with van der Waals surface area (Å²) in [6.07, 6.45) is 1.62. The number of nitrogens with zero attached hydrogens (tertiary/aromatic N) is 1. The Morgan fingerprint density at radius 3 is 2.62 bits per heavy atom. The van der Waals surface area contributed by atoms with Gasteiger partial charge in [0.05, 0.1) is 5.92 Å². The third-order valence-corrected chi connectivity index (χ3v) is 4.21. The summed E-state index contributed by atoms with van der Waals surface area (Å²) in [6, 6.07) is 5.34. The van der Waals surface area contributed by atoms with Gasteiger partial charge in [0, 0.05) is 24.7 Å². The first-order valence-corrected chi connectivity index (χ1v) is 6.96. The summed E-state index contributed by atoms with van der Waals surface area (Å²) < 4.78 is 10.5. The molecular formula is C15H17NO5. The van der Waals surface area contributed by atoms with Gasteiger partial charge >= 0.3 is 5.97 Å². The van der Waals surface area contributed by atoms with Gasteiger partial charge in [0.25, 0.3) is 0 Å². The zero-order valence-corrected chi connectivity index (χ0v) is 11.7. The molecule has 1 fully saturated rings. The minimum absolute atomic E-state index is 0.0439. The molecule has 1 N–H and O–H groups in total. The van der Waals surface area contributed by atoms with Crippen molar-refractivity contribution in [3.05, 3.63) is 18.2 Å². The van der Waals surface area contributed by atoms with Crippen LogP contribution in [0, 0.1) is 11.8 Å². The van der Waals surface area contributed by atoms with Crippen LogP contribution in [0.15, 0.2) is 18.2 Å². The van der Waals surface area contributed by atoms with Gasteiger partial charge in [-0.25, -0.2) is 0 Å². The Bertz CT molecular complexity index is 585. The quantitative estimate of drug-likeness (QED) is 0.920. The second-order valence-electron chi connectivity index (χ2n) is 5.48. The molecule has 1 saturated carbocycles. The molecule has 1 heterocycles. The lowest BCUT2D eigenvalue weighted by Crippen LogP contribution is -2.32. The highest BCUT2D eigenvalue weighted by atomic mass is 16.7. The smallest absolute Gasteiger partial charge is 0.306 e. The number of carboxylic acid groups (broad SMARTS) is 1. The second-order valence-corrected chi connectivity index (χ2v) is 5.48. The van der Waals surface area contributed by atoms with Gasteiger partial charge in [0.1, 0.15) is 0 Å². The van der Waals surface area contributed by atoms with E-state index >= 15 is 0 Å². The van der Waals surface area contributed by atoms with E-state index in [2.05, 4.69) is 0 Å². The van der Waals surface area contributed by atoms with E-state index in [1.165, 1.54) is 0 Å². The summed E-state index contributed by atoms with van der Waals surface area (Å²) in [7, 11) is 1.70. The van der Waals surface area contributed by atoms with Gasteiger partial charge in [-0.3, -0.25) is 9.59 Å². The molecule has 21 heavy (non-hydrogen) atoms. The molecule has 0 unspecified atom stereocenters. The van der Waals surface area contributed by atoms with Crippen LogP contribution in [0.5, 0.6) is 11.5 Å². The molecule has 2 atom stereocenters. The van der Waals surface area contributed by atoms with Crippen molar-refractivity contribution in [3.63, 3.8) is 0 Å². The maximum Gasteiger partial charge on any atom is 0.306 e. The molecule has 1 aliphatic heterocycles. The number of carbonyl (C=O) groups excluding carboxylic acids is 1.